The zero-order valence-electron chi connectivity index (χ0n) is 15.7. The molecule has 0 aliphatic heterocycles. The number of halogens is 9. The molecule has 0 amide bonds. The third-order valence-corrected chi connectivity index (χ3v) is 2.85. The second-order valence-corrected chi connectivity index (χ2v) is 5.97. The van der Waals surface area contributed by atoms with Gasteiger partial charge < -0.3 is 19.5 Å². The van der Waals surface area contributed by atoms with Crippen molar-refractivity contribution in [2.75, 3.05) is 18.5 Å². The molecular formula is C15H15ClF8N4O3. The minimum Gasteiger partial charge on any atom is -0.454 e. The number of hydrogen-bond donors (Lipinski definition) is 1. The number of hydrogen-bond acceptors (Lipinski definition) is 7. The second kappa shape index (κ2) is 10.6. The Morgan fingerprint density at radius 3 is 1.77 bits per heavy atom. The summed E-state index contributed by atoms with van der Waals surface area (Å²) in [6, 6.07) is -1.92. The van der Waals surface area contributed by atoms with Crippen LogP contribution < -0.4 is 14.8 Å². The van der Waals surface area contributed by atoms with Crippen LogP contribution in [0, 0.1) is 0 Å². The molecule has 7 nitrogen and oxygen atoms in total. The van der Waals surface area contributed by atoms with E-state index in [1.165, 1.54) is 6.08 Å². The first kappa shape index (κ1) is 26.5. The van der Waals surface area contributed by atoms with Crippen molar-refractivity contribution in [2.45, 2.75) is 38.2 Å². The van der Waals surface area contributed by atoms with E-state index in [4.69, 9.17) is 0 Å². The molecule has 31 heavy (non-hydrogen) atoms. The molecular weight excluding hydrogens is 472 g/mol. The van der Waals surface area contributed by atoms with Gasteiger partial charge in [-0.15, -0.1) is 13.8 Å². The highest BCUT2D eigenvalue weighted by Gasteiger charge is 2.31. The van der Waals surface area contributed by atoms with E-state index in [2.05, 4.69) is 46.1 Å². The highest BCUT2D eigenvalue weighted by molar-refractivity contribution is 6.20. The number of anilines is 1. The summed E-state index contributed by atoms with van der Waals surface area (Å²) in [5.41, 5.74) is -3.74. The zero-order chi connectivity index (χ0) is 23.9. The summed E-state index contributed by atoms with van der Waals surface area (Å²) < 4.78 is 112. The van der Waals surface area contributed by atoms with Gasteiger partial charge in [-0.3, -0.25) is 0 Å². The maximum absolute atomic E-state index is 12.6. The number of nitrogens with one attached hydrogen (secondary N) is 1. The van der Waals surface area contributed by atoms with E-state index < -0.39 is 49.1 Å². The Bertz CT molecular complexity index is 758. The van der Waals surface area contributed by atoms with Gasteiger partial charge in [0.25, 0.3) is 0 Å². The fourth-order valence-corrected chi connectivity index (χ4v) is 1.76. The average molecular weight is 487 g/mol. The number of ether oxygens (including phenoxy) is 3. The molecule has 0 aliphatic carbocycles. The molecule has 1 rings (SSSR count). The van der Waals surface area contributed by atoms with Gasteiger partial charge in [-0.05, 0) is 25.5 Å². The van der Waals surface area contributed by atoms with Crippen molar-refractivity contribution < 1.29 is 49.3 Å². The van der Waals surface area contributed by atoms with Crippen molar-refractivity contribution in [1.82, 2.24) is 15.0 Å². The van der Waals surface area contributed by atoms with E-state index >= 15 is 0 Å². The van der Waals surface area contributed by atoms with Crippen LogP contribution in [0.2, 0.25) is 0 Å². The molecule has 0 saturated heterocycles. The number of allylic oxidation sites excluding steroid dienone is 4. The van der Waals surface area contributed by atoms with Crippen molar-refractivity contribution in [1.29, 1.82) is 0 Å². The molecule has 1 N–H and O–H groups in total. The fourth-order valence-electron chi connectivity index (χ4n) is 1.64. The molecule has 0 unspecified atom stereocenters. The summed E-state index contributed by atoms with van der Waals surface area (Å²) in [4.78, 5) is 10.2. The predicted octanol–water partition coefficient (Wildman–Crippen LogP) is 5.17. The molecule has 0 bridgehead atoms. The Morgan fingerprint density at radius 1 is 0.903 bits per heavy atom. The fraction of sp³-hybridized carbons (Fsp3) is 0.533. The third-order valence-electron chi connectivity index (χ3n) is 2.77. The maximum atomic E-state index is 12.6. The molecule has 0 radical (unpaired) electrons. The number of aromatic nitrogens is 3. The van der Waals surface area contributed by atoms with Gasteiger partial charge in [-0.2, -0.15) is 36.3 Å². The number of rotatable bonds is 10. The van der Waals surface area contributed by atoms with Crippen LogP contribution in [0.3, 0.4) is 0 Å². The first-order chi connectivity index (χ1) is 14.1. The molecule has 0 saturated carbocycles. The molecule has 0 spiro atoms. The van der Waals surface area contributed by atoms with Gasteiger partial charge in [0.05, 0.1) is 0 Å². The summed E-state index contributed by atoms with van der Waals surface area (Å²) in [7, 11) is 0. The van der Waals surface area contributed by atoms with E-state index in [0.29, 0.717) is 0 Å². The molecule has 16 heteroatoms. The number of alkyl halides is 9. The van der Waals surface area contributed by atoms with Gasteiger partial charge in [0, 0.05) is 17.3 Å². The van der Waals surface area contributed by atoms with Gasteiger partial charge in [0.2, 0.25) is 5.95 Å². The van der Waals surface area contributed by atoms with Crippen LogP contribution in [-0.2, 0) is 4.74 Å². The Kier molecular flexibility index (Phi) is 9.08. The lowest BCUT2D eigenvalue weighted by atomic mass is 10.3. The van der Waals surface area contributed by atoms with Gasteiger partial charge in [0.1, 0.15) is 5.76 Å². The standard InChI is InChI=1S/C15H15ClF8N4O3/c1-3-9(5-4-8(2)31-15(16,23)24)25-10-26-11(29-6-13(17,18)19)28-12(27-10)30-7-14(20,21)22/h4-5H,3,6-7H2,1-2H3,(H,25,26,27,28)/b8-4+,9-5+. The molecule has 0 atom stereocenters. The third kappa shape index (κ3) is 12.7. The summed E-state index contributed by atoms with van der Waals surface area (Å²) in [5.74, 6) is -0.820. The van der Waals surface area contributed by atoms with Crippen LogP contribution in [0.4, 0.5) is 41.1 Å². The lowest BCUT2D eigenvalue weighted by Crippen LogP contribution is -2.22. The topological polar surface area (TPSA) is 78.4 Å². The van der Waals surface area contributed by atoms with Gasteiger partial charge >= 0.3 is 29.9 Å². The quantitative estimate of drug-likeness (QED) is 0.212. The monoisotopic (exact) mass is 486 g/mol. The van der Waals surface area contributed by atoms with Gasteiger partial charge in [0.15, 0.2) is 13.2 Å². The molecule has 1 aromatic rings. The predicted molar refractivity (Wildman–Crippen MR) is 90.6 cm³/mol. The van der Waals surface area contributed by atoms with Crippen LogP contribution >= 0.6 is 11.6 Å². The minimum absolute atomic E-state index is 0.185. The molecule has 176 valence electrons. The Morgan fingerprint density at radius 2 is 1.39 bits per heavy atom. The first-order valence-electron chi connectivity index (χ1n) is 8.11. The lowest BCUT2D eigenvalue weighted by molar-refractivity contribution is -0.156. The van der Waals surface area contributed by atoms with Gasteiger partial charge in [-0.25, -0.2) is 0 Å². The van der Waals surface area contributed by atoms with Gasteiger partial charge in [-0.1, -0.05) is 6.92 Å². The summed E-state index contributed by atoms with van der Waals surface area (Å²) in [6.07, 6.45) is -7.06. The van der Waals surface area contributed by atoms with Crippen LogP contribution in [0.15, 0.2) is 23.6 Å². The van der Waals surface area contributed by atoms with Crippen molar-refractivity contribution in [3.8, 4) is 12.0 Å². The minimum atomic E-state index is -4.77. The van der Waals surface area contributed by atoms with Crippen molar-refractivity contribution in [3.05, 3.63) is 23.6 Å². The van der Waals surface area contributed by atoms with Crippen molar-refractivity contribution in [2.24, 2.45) is 0 Å². The van der Waals surface area contributed by atoms with E-state index in [1.54, 1.807) is 6.92 Å². The number of nitrogens with zero attached hydrogens (tertiary/aromatic N) is 3. The first-order valence-corrected chi connectivity index (χ1v) is 8.49. The van der Waals surface area contributed by atoms with E-state index in [0.717, 1.165) is 13.0 Å². The maximum Gasteiger partial charge on any atom is 0.487 e. The Balaban J connectivity index is 3.10. The largest absolute Gasteiger partial charge is 0.487 e. The van der Waals surface area contributed by atoms with Crippen molar-refractivity contribution in [3.63, 3.8) is 0 Å². The van der Waals surface area contributed by atoms with Crippen LogP contribution in [0.1, 0.15) is 20.3 Å². The summed E-state index contributed by atoms with van der Waals surface area (Å²) in [6.45, 7) is -0.896. The normalized spacial score (nSPS) is 13.8. The summed E-state index contributed by atoms with van der Waals surface area (Å²) in [5, 5.41) is 2.48. The molecule has 1 aromatic heterocycles. The average Bonchev–Trinajstić information content (AvgIpc) is 2.59. The van der Waals surface area contributed by atoms with Crippen LogP contribution in [-0.4, -0.2) is 46.1 Å². The summed E-state index contributed by atoms with van der Waals surface area (Å²) >= 11 is 4.62. The molecule has 0 aliphatic rings. The van der Waals surface area contributed by atoms with Crippen molar-refractivity contribution >= 4 is 17.5 Å². The molecule has 1 heterocycles. The smallest absolute Gasteiger partial charge is 0.454 e. The van der Waals surface area contributed by atoms with Crippen LogP contribution in [0.25, 0.3) is 0 Å². The highest BCUT2D eigenvalue weighted by Crippen LogP contribution is 2.24. The second-order valence-electron chi connectivity index (χ2n) is 5.53. The van der Waals surface area contributed by atoms with E-state index in [-0.39, 0.29) is 17.9 Å². The molecule has 0 fully saturated rings. The van der Waals surface area contributed by atoms with Crippen LogP contribution in [0.5, 0.6) is 12.0 Å². The Hall–Kier alpha value is -2.58. The zero-order valence-corrected chi connectivity index (χ0v) is 16.5. The van der Waals surface area contributed by atoms with E-state index in [1.807, 2.05) is 0 Å². The lowest BCUT2D eigenvalue weighted by Gasteiger charge is -2.13. The van der Waals surface area contributed by atoms with E-state index in [9.17, 15) is 35.1 Å². The SMILES string of the molecule is CC/C(=C\C=C(/C)OC(F)(F)Cl)Nc1nc(OCC(F)(F)F)nc(OCC(F)(F)F)n1. The highest BCUT2D eigenvalue weighted by atomic mass is 35.5. The Labute approximate surface area is 175 Å². The molecule has 0 aromatic carbocycles.